The van der Waals surface area contributed by atoms with Gasteiger partial charge in [-0.1, -0.05) is 13.0 Å². The summed E-state index contributed by atoms with van der Waals surface area (Å²) in [5, 5.41) is 21.0. The van der Waals surface area contributed by atoms with Crippen LogP contribution in [-0.2, 0) is 0 Å². The van der Waals surface area contributed by atoms with E-state index in [1.54, 1.807) is 24.1 Å². The van der Waals surface area contributed by atoms with Gasteiger partial charge in [-0.15, -0.1) is 0 Å². The molecular formula is C14H20FN3O. The van der Waals surface area contributed by atoms with Crippen molar-refractivity contribution in [3.8, 4) is 0 Å². The number of hydrogen-bond acceptors (Lipinski definition) is 3. The smallest absolute Gasteiger partial charge is 0.136 e. The molecule has 1 heterocycles. The van der Waals surface area contributed by atoms with Gasteiger partial charge in [-0.3, -0.25) is 5.41 Å². The Hall–Kier alpha value is -1.62. The molecule has 0 aromatic heterocycles. The number of likely N-dealkylation sites (tertiary alicyclic amines) is 1. The minimum Gasteiger partial charge on any atom is -0.391 e. The third kappa shape index (κ3) is 2.71. The van der Waals surface area contributed by atoms with Crippen LogP contribution in [0.25, 0.3) is 0 Å². The van der Waals surface area contributed by atoms with E-state index in [0.29, 0.717) is 18.8 Å². The van der Waals surface area contributed by atoms with Crippen LogP contribution in [0.15, 0.2) is 18.2 Å². The van der Waals surface area contributed by atoms with Crippen LogP contribution in [0.2, 0.25) is 0 Å². The molecule has 1 aliphatic rings. The summed E-state index contributed by atoms with van der Waals surface area (Å²) >= 11 is 0. The monoisotopic (exact) mass is 265 g/mol. The highest BCUT2D eigenvalue weighted by atomic mass is 19.1. The molecule has 5 heteroatoms. The van der Waals surface area contributed by atoms with Gasteiger partial charge < -0.3 is 15.3 Å². The van der Waals surface area contributed by atoms with Gasteiger partial charge in [0.05, 0.1) is 11.7 Å². The fraction of sp³-hybridized carbons (Fsp3) is 0.500. The van der Waals surface area contributed by atoms with Crippen molar-refractivity contribution in [3.05, 3.63) is 29.6 Å². The number of benzene rings is 1. The summed E-state index contributed by atoms with van der Waals surface area (Å²) < 4.78 is 13.9. The number of nitrogens with zero attached hydrogens (tertiary/aromatic N) is 1. The van der Waals surface area contributed by atoms with Gasteiger partial charge in [0.1, 0.15) is 11.7 Å². The molecule has 2 atom stereocenters. The van der Waals surface area contributed by atoms with Gasteiger partial charge in [-0.2, -0.15) is 0 Å². The Balaban J connectivity index is 2.25. The van der Waals surface area contributed by atoms with Gasteiger partial charge in [0.25, 0.3) is 0 Å². The van der Waals surface area contributed by atoms with Crippen LogP contribution in [0, 0.1) is 17.1 Å². The number of nitrogens with one attached hydrogen (secondary N) is 2. The molecule has 0 radical (unpaired) electrons. The Morgan fingerprint density at radius 3 is 2.89 bits per heavy atom. The summed E-state index contributed by atoms with van der Waals surface area (Å²) in [5.41, 5.74) is 0.866. The molecular weight excluding hydrogens is 245 g/mol. The average molecular weight is 265 g/mol. The zero-order chi connectivity index (χ0) is 14.0. The van der Waals surface area contributed by atoms with Crippen LogP contribution in [0.5, 0.6) is 0 Å². The SMILES string of the molecule is CNc1cccc(F)c1C(=N)N1CCC(C)C(O)C1. The molecule has 1 aliphatic heterocycles. The van der Waals surface area contributed by atoms with E-state index in [1.165, 1.54) is 6.07 Å². The van der Waals surface area contributed by atoms with Crippen LogP contribution in [0.3, 0.4) is 0 Å². The Morgan fingerprint density at radius 2 is 2.26 bits per heavy atom. The van der Waals surface area contributed by atoms with E-state index in [2.05, 4.69) is 5.32 Å². The standard InChI is InChI=1S/C14H20FN3O/c1-9-6-7-18(8-12(9)19)14(16)13-10(15)4-3-5-11(13)17-2/h3-5,9,12,16-17,19H,6-8H2,1-2H3. The Bertz CT molecular complexity index is 478. The first kappa shape index (κ1) is 13.8. The number of anilines is 1. The fourth-order valence-electron chi connectivity index (χ4n) is 2.38. The topological polar surface area (TPSA) is 59.4 Å². The second kappa shape index (κ2) is 5.57. The molecule has 0 saturated carbocycles. The normalized spacial score (nSPS) is 23.3. The van der Waals surface area contributed by atoms with Crippen molar-refractivity contribution >= 4 is 11.5 Å². The highest BCUT2D eigenvalue weighted by Crippen LogP contribution is 2.24. The first-order valence-corrected chi connectivity index (χ1v) is 6.52. The van der Waals surface area contributed by atoms with Crippen LogP contribution < -0.4 is 5.32 Å². The molecule has 2 unspecified atom stereocenters. The number of amidine groups is 1. The molecule has 0 amide bonds. The van der Waals surface area contributed by atoms with Crippen LogP contribution in [0.1, 0.15) is 18.9 Å². The van der Waals surface area contributed by atoms with Crippen molar-refractivity contribution in [2.75, 3.05) is 25.5 Å². The first-order valence-electron chi connectivity index (χ1n) is 6.52. The van der Waals surface area contributed by atoms with Crippen LogP contribution in [-0.4, -0.2) is 42.1 Å². The Morgan fingerprint density at radius 1 is 1.53 bits per heavy atom. The second-order valence-electron chi connectivity index (χ2n) is 5.04. The van der Waals surface area contributed by atoms with Crippen molar-refractivity contribution in [1.82, 2.24) is 4.90 Å². The molecule has 104 valence electrons. The molecule has 4 nitrogen and oxygen atoms in total. The van der Waals surface area contributed by atoms with Crippen LogP contribution >= 0.6 is 0 Å². The molecule has 1 aromatic carbocycles. The van der Waals surface area contributed by atoms with Crippen molar-refractivity contribution in [1.29, 1.82) is 5.41 Å². The maximum absolute atomic E-state index is 13.9. The fourth-order valence-corrected chi connectivity index (χ4v) is 2.38. The van der Waals surface area contributed by atoms with Gasteiger partial charge >= 0.3 is 0 Å². The van der Waals surface area contributed by atoms with Crippen molar-refractivity contribution in [3.63, 3.8) is 0 Å². The third-order valence-electron chi connectivity index (χ3n) is 3.75. The summed E-state index contributed by atoms with van der Waals surface area (Å²) in [6, 6.07) is 4.72. The molecule has 0 spiro atoms. The lowest BCUT2D eigenvalue weighted by atomic mass is 9.95. The second-order valence-corrected chi connectivity index (χ2v) is 5.04. The van der Waals surface area contributed by atoms with Crippen molar-refractivity contribution in [2.45, 2.75) is 19.4 Å². The summed E-state index contributed by atoms with van der Waals surface area (Å²) in [5.74, 6) is -0.0493. The lowest BCUT2D eigenvalue weighted by molar-refractivity contribution is 0.0560. The lowest BCUT2D eigenvalue weighted by Gasteiger charge is -2.36. The van der Waals surface area contributed by atoms with Gasteiger partial charge in [-0.25, -0.2) is 4.39 Å². The summed E-state index contributed by atoms with van der Waals surface area (Å²) in [4.78, 5) is 1.74. The van der Waals surface area contributed by atoms with Gasteiger partial charge in [-0.05, 0) is 24.5 Å². The van der Waals surface area contributed by atoms with E-state index >= 15 is 0 Å². The van der Waals surface area contributed by atoms with E-state index < -0.39 is 11.9 Å². The maximum Gasteiger partial charge on any atom is 0.136 e. The highest BCUT2D eigenvalue weighted by Gasteiger charge is 2.28. The Kier molecular flexibility index (Phi) is 4.04. The number of piperidine rings is 1. The molecule has 1 fully saturated rings. The molecule has 0 bridgehead atoms. The summed E-state index contributed by atoms with van der Waals surface area (Å²) in [6.45, 7) is 3.06. The number of aliphatic hydroxyl groups excluding tert-OH is 1. The zero-order valence-corrected chi connectivity index (χ0v) is 11.3. The average Bonchev–Trinajstić information content (AvgIpc) is 2.40. The minimum absolute atomic E-state index is 0.133. The minimum atomic E-state index is -0.459. The number of halogens is 1. The quantitative estimate of drug-likeness (QED) is 0.565. The maximum atomic E-state index is 13.9. The molecule has 1 aromatic rings. The van der Waals surface area contributed by atoms with Gasteiger partial charge in [0.2, 0.25) is 0 Å². The van der Waals surface area contributed by atoms with E-state index in [4.69, 9.17) is 5.41 Å². The zero-order valence-electron chi connectivity index (χ0n) is 11.3. The molecule has 0 aliphatic carbocycles. The van der Waals surface area contributed by atoms with Gasteiger partial charge in [0, 0.05) is 25.8 Å². The largest absolute Gasteiger partial charge is 0.391 e. The van der Waals surface area contributed by atoms with E-state index in [-0.39, 0.29) is 17.3 Å². The summed E-state index contributed by atoms with van der Waals surface area (Å²) in [6.07, 6.45) is 0.353. The Labute approximate surface area is 112 Å². The number of hydrogen-bond donors (Lipinski definition) is 3. The molecule has 1 saturated heterocycles. The van der Waals surface area contributed by atoms with E-state index in [0.717, 1.165) is 6.42 Å². The third-order valence-corrected chi connectivity index (χ3v) is 3.75. The number of rotatable bonds is 2. The summed E-state index contributed by atoms with van der Waals surface area (Å²) in [7, 11) is 1.71. The van der Waals surface area contributed by atoms with Crippen LogP contribution in [0.4, 0.5) is 10.1 Å². The number of β-amino-alcohol motifs (C(OH)–C–C–N with tert-alkyl or cyclic N) is 1. The molecule has 2 rings (SSSR count). The lowest BCUT2D eigenvalue weighted by Crippen LogP contribution is -2.46. The predicted octanol–water partition coefficient (Wildman–Crippen LogP) is 1.90. The molecule has 19 heavy (non-hydrogen) atoms. The van der Waals surface area contributed by atoms with E-state index in [1.807, 2.05) is 6.92 Å². The van der Waals surface area contributed by atoms with Crippen molar-refractivity contribution in [2.24, 2.45) is 5.92 Å². The highest BCUT2D eigenvalue weighted by molar-refractivity contribution is 6.01. The number of aliphatic hydroxyl groups is 1. The first-order chi connectivity index (χ1) is 9.04. The van der Waals surface area contributed by atoms with E-state index in [9.17, 15) is 9.50 Å². The van der Waals surface area contributed by atoms with Gasteiger partial charge in [0.15, 0.2) is 0 Å². The predicted molar refractivity (Wildman–Crippen MR) is 74.1 cm³/mol. The van der Waals surface area contributed by atoms with Crippen molar-refractivity contribution < 1.29 is 9.50 Å². The molecule has 3 N–H and O–H groups in total.